The van der Waals surface area contributed by atoms with E-state index in [-0.39, 0.29) is 30.1 Å². The van der Waals surface area contributed by atoms with Crippen LogP contribution in [-0.4, -0.2) is 44.0 Å². The third-order valence-electron chi connectivity index (χ3n) is 3.33. The second-order valence-electron chi connectivity index (χ2n) is 5.48. The molecule has 132 valence electrons. The van der Waals surface area contributed by atoms with Gasteiger partial charge in [0.1, 0.15) is 5.75 Å². The zero-order valence-electron chi connectivity index (χ0n) is 14.0. The number of nitrogens with zero attached hydrogens (tertiary/aromatic N) is 1. The SMILES string of the molecule is COc1ccc(NC(=O)C[NH+](C)CC(=O)Nc2cccnc2Cl)cc1. The smallest absolute Gasteiger partial charge is 0.279 e. The zero-order valence-corrected chi connectivity index (χ0v) is 14.8. The number of carbonyl (C=O) groups is 2. The maximum Gasteiger partial charge on any atom is 0.279 e. The van der Waals surface area contributed by atoms with E-state index in [4.69, 9.17) is 16.3 Å². The summed E-state index contributed by atoms with van der Waals surface area (Å²) in [6.45, 7) is 0.279. The molecule has 1 heterocycles. The fraction of sp³-hybridized carbons (Fsp3) is 0.235. The zero-order chi connectivity index (χ0) is 18.2. The molecule has 2 amide bonds. The van der Waals surface area contributed by atoms with Crippen LogP contribution in [0.1, 0.15) is 0 Å². The minimum Gasteiger partial charge on any atom is -0.497 e. The average Bonchev–Trinajstić information content (AvgIpc) is 2.57. The third-order valence-corrected chi connectivity index (χ3v) is 3.63. The fourth-order valence-corrected chi connectivity index (χ4v) is 2.33. The molecule has 0 spiro atoms. The van der Waals surface area contributed by atoms with E-state index in [9.17, 15) is 9.59 Å². The highest BCUT2D eigenvalue weighted by Crippen LogP contribution is 2.17. The van der Waals surface area contributed by atoms with Crippen molar-refractivity contribution in [3.05, 3.63) is 47.7 Å². The minimum absolute atomic E-state index is 0.126. The Morgan fingerprint density at radius 2 is 1.76 bits per heavy atom. The van der Waals surface area contributed by atoms with Crippen LogP contribution in [0.3, 0.4) is 0 Å². The van der Waals surface area contributed by atoms with E-state index in [1.165, 1.54) is 0 Å². The average molecular weight is 364 g/mol. The van der Waals surface area contributed by atoms with E-state index < -0.39 is 0 Å². The lowest BCUT2D eigenvalue weighted by Crippen LogP contribution is -3.11. The van der Waals surface area contributed by atoms with Gasteiger partial charge in [0.25, 0.3) is 11.8 Å². The molecule has 1 unspecified atom stereocenters. The van der Waals surface area contributed by atoms with Crippen LogP contribution < -0.4 is 20.3 Å². The van der Waals surface area contributed by atoms with Gasteiger partial charge < -0.3 is 20.3 Å². The van der Waals surface area contributed by atoms with Gasteiger partial charge in [0, 0.05) is 11.9 Å². The van der Waals surface area contributed by atoms with Crippen molar-refractivity contribution in [3.8, 4) is 5.75 Å². The summed E-state index contributed by atoms with van der Waals surface area (Å²) in [6.07, 6.45) is 1.54. The number of ether oxygens (including phenoxy) is 1. The largest absolute Gasteiger partial charge is 0.497 e. The second kappa shape index (κ2) is 9.00. The first-order valence-corrected chi connectivity index (χ1v) is 8.01. The van der Waals surface area contributed by atoms with Crippen molar-refractivity contribution in [1.29, 1.82) is 0 Å². The number of nitrogens with one attached hydrogen (secondary N) is 3. The standard InChI is InChI=1S/C17H19ClN4O3/c1-22(11-16(24)21-14-4-3-9-19-17(14)18)10-15(23)20-12-5-7-13(25-2)8-6-12/h3-9H,10-11H2,1-2H3,(H,20,23)(H,21,24)/p+1. The number of rotatable bonds is 7. The van der Waals surface area contributed by atoms with Gasteiger partial charge >= 0.3 is 0 Å². The van der Waals surface area contributed by atoms with Crippen LogP contribution in [0, 0.1) is 0 Å². The van der Waals surface area contributed by atoms with Gasteiger partial charge in [0.15, 0.2) is 18.2 Å². The fourth-order valence-electron chi connectivity index (χ4n) is 2.16. The molecular formula is C17H20ClN4O3+. The van der Waals surface area contributed by atoms with Crippen LogP contribution in [0.4, 0.5) is 11.4 Å². The number of anilines is 2. The Balaban J connectivity index is 1.80. The summed E-state index contributed by atoms with van der Waals surface area (Å²) in [6, 6.07) is 10.4. The van der Waals surface area contributed by atoms with Crippen LogP contribution in [0.5, 0.6) is 5.75 Å². The first-order chi connectivity index (χ1) is 12.0. The van der Waals surface area contributed by atoms with Crippen molar-refractivity contribution in [1.82, 2.24) is 4.98 Å². The van der Waals surface area contributed by atoms with Crippen molar-refractivity contribution in [2.75, 3.05) is 37.9 Å². The second-order valence-corrected chi connectivity index (χ2v) is 5.84. The molecule has 1 aromatic carbocycles. The summed E-state index contributed by atoms with van der Waals surface area (Å²) in [7, 11) is 3.34. The number of aromatic nitrogens is 1. The molecule has 0 fully saturated rings. The quantitative estimate of drug-likeness (QED) is 0.636. The third kappa shape index (κ3) is 6.06. The van der Waals surface area contributed by atoms with E-state index in [0.717, 1.165) is 4.90 Å². The number of amides is 2. The number of methoxy groups -OCH3 is 1. The van der Waals surface area contributed by atoms with Crippen LogP contribution in [0.25, 0.3) is 0 Å². The highest BCUT2D eigenvalue weighted by Gasteiger charge is 2.15. The van der Waals surface area contributed by atoms with Gasteiger partial charge in [-0.15, -0.1) is 0 Å². The molecule has 25 heavy (non-hydrogen) atoms. The van der Waals surface area contributed by atoms with Crippen LogP contribution in [0.15, 0.2) is 42.6 Å². The Labute approximate surface area is 150 Å². The van der Waals surface area contributed by atoms with E-state index in [1.54, 1.807) is 56.8 Å². The molecule has 1 aromatic heterocycles. The Morgan fingerprint density at radius 1 is 1.12 bits per heavy atom. The van der Waals surface area contributed by atoms with E-state index in [0.29, 0.717) is 17.1 Å². The predicted molar refractivity (Wildman–Crippen MR) is 96.1 cm³/mol. The molecule has 0 aliphatic heterocycles. The Morgan fingerprint density at radius 3 is 2.36 bits per heavy atom. The summed E-state index contributed by atoms with van der Waals surface area (Å²) in [5.74, 6) is 0.283. The maximum atomic E-state index is 12.0. The normalized spacial score (nSPS) is 11.5. The van der Waals surface area contributed by atoms with Crippen LogP contribution in [-0.2, 0) is 9.59 Å². The van der Waals surface area contributed by atoms with Crippen molar-refractivity contribution >= 4 is 34.8 Å². The lowest BCUT2D eigenvalue weighted by molar-refractivity contribution is -0.862. The lowest BCUT2D eigenvalue weighted by Gasteiger charge is -2.14. The predicted octanol–water partition coefficient (Wildman–Crippen LogP) is 0.836. The number of carbonyl (C=O) groups excluding carboxylic acids is 2. The summed E-state index contributed by atoms with van der Waals surface area (Å²) in [5, 5.41) is 5.68. The molecule has 8 heteroatoms. The van der Waals surface area contributed by atoms with E-state index in [1.807, 2.05) is 0 Å². The minimum atomic E-state index is -0.246. The number of pyridine rings is 1. The topological polar surface area (TPSA) is 84.8 Å². The van der Waals surface area contributed by atoms with Gasteiger partial charge in [0.2, 0.25) is 0 Å². The van der Waals surface area contributed by atoms with Crippen molar-refractivity contribution in [2.45, 2.75) is 0 Å². The van der Waals surface area contributed by atoms with Gasteiger partial charge in [-0.1, -0.05) is 11.6 Å². The van der Waals surface area contributed by atoms with Crippen LogP contribution in [0.2, 0.25) is 5.15 Å². The summed E-state index contributed by atoms with van der Waals surface area (Å²) < 4.78 is 5.06. The molecule has 2 rings (SSSR count). The molecule has 0 saturated heterocycles. The number of quaternary nitrogens is 1. The Kier molecular flexibility index (Phi) is 6.73. The van der Waals surface area contributed by atoms with Crippen molar-refractivity contribution in [2.24, 2.45) is 0 Å². The summed E-state index contributed by atoms with van der Waals surface area (Å²) >= 11 is 5.90. The Bertz CT molecular complexity index is 737. The lowest BCUT2D eigenvalue weighted by atomic mass is 10.3. The van der Waals surface area contributed by atoms with Gasteiger partial charge in [-0.05, 0) is 36.4 Å². The highest BCUT2D eigenvalue weighted by molar-refractivity contribution is 6.32. The molecule has 0 bridgehead atoms. The van der Waals surface area contributed by atoms with Crippen molar-refractivity contribution in [3.63, 3.8) is 0 Å². The van der Waals surface area contributed by atoms with Gasteiger partial charge in [-0.3, -0.25) is 9.59 Å². The maximum absolute atomic E-state index is 12.0. The highest BCUT2D eigenvalue weighted by atomic mass is 35.5. The number of halogens is 1. The number of hydrogen-bond donors (Lipinski definition) is 3. The monoisotopic (exact) mass is 363 g/mol. The molecular weight excluding hydrogens is 344 g/mol. The molecule has 3 N–H and O–H groups in total. The molecule has 2 aromatic rings. The number of benzene rings is 1. The summed E-state index contributed by atoms with van der Waals surface area (Å²) in [5.41, 5.74) is 1.12. The van der Waals surface area contributed by atoms with Crippen molar-refractivity contribution < 1.29 is 19.2 Å². The van der Waals surface area contributed by atoms with E-state index in [2.05, 4.69) is 15.6 Å². The molecule has 1 atom stereocenters. The first-order valence-electron chi connectivity index (χ1n) is 7.63. The van der Waals surface area contributed by atoms with Gasteiger partial charge in [-0.2, -0.15) is 0 Å². The number of hydrogen-bond acceptors (Lipinski definition) is 4. The molecule has 0 aliphatic rings. The number of likely N-dealkylation sites (N-methyl/N-ethyl adjacent to an activating group) is 1. The van der Waals surface area contributed by atoms with Gasteiger partial charge in [0.05, 0.1) is 19.8 Å². The van der Waals surface area contributed by atoms with Crippen LogP contribution >= 0.6 is 11.6 Å². The molecule has 7 nitrogen and oxygen atoms in total. The molecule has 0 saturated carbocycles. The van der Waals surface area contributed by atoms with E-state index >= 15 is 0 Å². The Hall–Kier alpha value is -2.64. The summed E-state index contributed by atoms with van der Waals surface area (Å²) in [4.78, 5) is 28.7. The molecule has 0 radical (unpaired) electrons. The first kappa shape index (κ1) is 18.7. The molecule has 0 aliphatic carbocycles. The van der Waals surface area contributed by atoms with Gasteiger partial charge in [-0.25, -0.2) is 4.98 Å².